The summed E-state index contributed by atoms with van der Waals surface area (Å²) >= 11 is 9.88. The minimum Gasteiger partial charge on any atom is -0.0925 e. The molecule has 0 nitrogen and oxygen atoms in total. The van der Waals surface area contributed by atoms with Gasteiger partial charge >= 0.3 is 0 Å². The summed E-state index contributed by atoms with van der Waals surface area (Å²) < 4.78 is 0. The molecule has 0 saturated heterocycles. The molecule has 108 valence electrons. The third kappa shape index (κ3) is 7.37. The normalized spacial score (nSPS) is 12.6. The molecule has 0 heterocycles. The molecule has 0 aliphatic heterocycles. The summed E-state index contributed by atoms with van der Waals surface area (Å²) in [5.74, 6) is 0.714. The Kier molecular flexibility index (Phi) is 9.63. The molecule has 0 aliphatic carbocycles. The van der Waals surface area contributed by atoms with E-state index in [1.165, 1.54) is 50.5 Å². The van der Waals surface area contributed by atoms with Crippen molar-refractivity contribution in [3.63, 3.8) is 0 Å². The molecule has 1 unspecified atom stereocenters. The molecule has 0 aliphatic rings. The van der Waals surface area contributed by atoms with Gasteiger partial charge in [-0.2, -0.15) is 0 Å². The second-order valence-corrected chi connectivity index (χ2v) is 6.43. The van der Waals surface area contributed by atoms with Crippen LogP contribution in [0.2, 0.25) is 5.02 Å². The first-order valence-corrected chi connectivity index (χ1v) is 9.07. The Bertz CT molecular complexity index is 338. The number of unbranched alkanes of at least 4 members (excludes halogenated alkanes) is 5. The Hall–Kier alpha value is -0.0100. The van der Waals surface area contributed by atoms with Gasteiger partial charge in [-0.05, 0) is 30.4 Å². The van der Waals surface area contributed by atoms with Crippen molar-refractivity contribution in [2.45, 2.75) is 58.3 Å². The third-order valence-corrected chi connectivity index (χ3v) is 4.93. The molecule has 1 aromatic carbocycles. The lowest BCUT2D eigenvalue weighted by Gasteiger charge is -2.15. The minimum atomic E-state index is 0.714. The van der Waals surface area contributed by atoms with Gasteiger partial charge in [0, 0.05) is 10.4 Å². The largest absolute Gasteiger partial charge is 0.0925 e. The van der Waals surface area contributed by atoms with E-state index in [9.17, 15) is 0 Å². The molecule has 0 fully saturated rings. The van der Waals surface area contributed by atoms with Crippen LogP contribution >= 0.6 is 27.5 Å². The van der Waals surface area contributed by atoms with Crippen LogP contribution < -0.4 is 0 Å². The van der Waals surface area contributed by atoms with Gasteiger partial charge in [0.15, 0.2) is 0 Å². The Balaban J connectivity index is 2.24. The van der Waals surface area contributed by atoms with Crippen LogP contribution in [0, 0.1) is 5.92 Å². The summed E-state index contributed by atoms with van der Waals surface area (Å²) in [5.41, 5.74) is 1.29. The highest BCUT2D eigenvalue weighted by Crippen LogP contribution is 2.23. The number of benzene rings is 1. The molecule has 0 N–H and O–H groups in total. The molecule has 19 heavy (non-hydrogen) atoms. The lowest BCUT2D eigenvalue weighted by Crippen LogP contribution is -2.06. The van der Waals surface area contributed by atoms with Gasteiger partial charge < -0.3 is 0 Å². The number of hydrogen-bond acceptors (Lipinski definition) is 0. The quantitative estimate of drug-likeness (QED) is 0.329. The topological polar surface area (TPSA) is 0 Å². The van der Waals surface area contributed by atoms with Gasteiger partial charge in [-0.25, -0.2) is 0 Å². The average molecular weight is 346 g/mol. The first kappa shape index (κ1) is 17.0. The molecule has 0 radical (unpaired) electrons. The van der Waals surface area contributed by atoms with Gasteiger partial charge in [-0.1, -0.05) is 91.2 Å². The van der Waals surface area contributed by atoms with Crippen molar-refractivity contribution in [3.8, 4) is 0 Å². The average Bonchev–Trinajstić information content (AvgIpc) is 2.43. The molecule has 1 rings (SSSR count). The molecule has 0 bridgehead atoms. The highest BCUT2D eigenvalue weighted by Gasteiger charge is 2.10. The van der Waals surface area contributed by atoms with E-state index in [0.717, 1.165) is 16.8 Å². The SMILES string of the molecule is CCCCCCCCC(CBr)Cc1ccccc1Cl. The second-order valence-electron chi connectivity index (χ2n) is 5.37. The van der Waals surface area contributed by atoms with Crippen LogP contribution in [0.4, 0.5) is 0 Å². The molecule has 1 atom stereocenters. The predicted molar refractivity (Wildman–Crippen MR) is 90.4 cm³/mol. The summed E-state index contributed by atoms with van der Waals surface area (Å²) in [6.07, 6.45) is 10.7. The fourth-order valence-corrected chi connectivity index (χ4v) is 3.19. The number of hydrogen-bond donors (Lipinski definition) is 0. The third-order valence-electron chi connectivity index (χ3n) is 3.65. The van der Waals surface area contributed by atoms with Crippen LogP contribution in [0.15, 0.2) is 24.3 Å². The second kappa shape index (κ2) is 10.7. The van der Waals surface area contributed by atoms with Crippen molar-refractivity contribution in [1.29, 1.82) is 0 Å². The summed E-state index contributed by atoms with van der Waals surface area (Å²) in [6, 6.07) is 8.23. The highest BCUT2D eigenvalue weighted by molar-refractivity contribution is 9.09. The van der Waals surface area contributed by atoms with Gasteiger partial charge in [0.1, 0.15) is 0 Å². The van der Waals surface area contributed by atoms with Crippen LogP contribution in [-0.4, -0.2) is 5.33 Å². The summed E-state index contributed by atoms with van der Waals surface area (Å²) in [7, 11) is 0. The van der Waals surface area contributed by atoms with E-state index in [-0.39, 0.29) is 0 Å². The first-order chi connectivity index (χ1) is 9.27. The Morgan fingerprint density at radius 1 is 1.05 bits per heavy atom. The van der Waals surface area contributed by atoms with Crippen molar-refractivity contribution in [1.82, 2.24) is 0 Å². The fraction of sp³-hybridized carbons (Fsp3) is 0.647. The molecular weight excluding hydrogens is 320 g/mol. The standard InChI is InChI=1S/C17H26BrCl/c1-2-3-4-5-6-7-10-15(14-18)13-16-11-8-9-12-17(16)19/h8-9,11-12,15H,2-7,10,13-14H2,1H3. The zero-order chi connectivity index (χ0) is 13.9. The zero-order valence-electron chi connectivity index (χ0n) is 12.0. The molecule has 0 amide bonds. The molecule has 1 aromatic rings. The van der Waals surface area contributed by atoms with Gasteiger partial charge in [0.2, 0.25) is 0 Å². The minimum absolute atomic E-state index is 0.714. The van der Waals surface area contributed by atoms with Crippen LogP contribution in [-0.2, 0) is 6.42 Å². The van der Waals surface area contributed by atoms with Crippen molar-refractivity contribution < 1.29 is 0 Å². The maximum absolute atomic E-state index is 6.23. The van der Waals surface area contributed by atoms with Gasteiger partial charge in [0.05, 0.1) is 0 Å². The zero-order valence-corrected chi connectivity index (χ0v) is 14.3. The van der Waals surface area contributed by atoms with E-state index in [4.69, 9.17) is 11.6 Å². The van der Waals surface area contributed by atoms with Crippen molar-refractivity contribution in [3.05, 3.63) is 34.9 Å². The van der Waals surface area contributed by atoms with E-state index >= 15 is 0 Å². The van der Waals surface area contributed by atoms with Crippen molar-refractivity contribution >= 4 is 27.5 Å². The fourth-order valence-electron chi connectivity index (χ4n) is 2.42. The number of rotatable bonds is 10. The lowest BCUT2D eigenvalue weighted by molar-refractivity contribution is 0.489. The van der Waals surface area contributed by atoms with Crippen LogP contribution in [0.5, 0.6) is 0 Å². The van der Waals surface area contributed by atoms with Crippen molar-refractivity contribution in [2.24, 2.45) is 5.92 Å². The van der Waals surface area contributed by atoms with E-state index in [1.54, 1.807) is 0 Å². The first-order valence-electron chi connectivity index (χ1n) is 7.57. The Morgan fingerprint density at radius 3 is 2.42 bits per heavy atom. The molecule has 0 aromatic heterocycles. The van der Waals surface area contributed by atoms with Crippen LogP contribution in [0.1, 0.15) is 57.4 Å². The predicted octanol–water partition coefficient (Wildman–Crippen LogP) is 6.64. The van der Waals surface area contributed by atoms with Gasteiger partial charge in [0.25, 0.3) is 0 Å². The maximum atomic E-state index is 6.23. The van der Waals surface area contributed by atoms with E-state index in [1.807, 2.05) is 12.1 Å². The van der Waals surface area contributed by atoms with Gasteiger partial charge in [-0.15, -0.1) is 0 Å². The number of halogens is 2. The summed E-state index contributed by atoms with van der Waals surface area (Å²) in [6.45, 7) is 2.27. The molecular formula is C17H26BrCl. The van der Waals surface area contributed by atoms with Crippen LogP contribution in [0.25, 0.3) is 0 Å². The van der Waals surface area contributed by atoms with Crippen molar-refractivity contribution in [2.75, 3.05) is 5.33 Å². The molecule has 2 heteroatoms. The maximum Gasteiger partial charge on any atom is 0.0438 e. The monoisotopic (exact) mass is 344 g/mol. The van der Waals surface area contributed by atoms with Gasteiger partial charge in [-0.3, -0.25) is 0 Å². The Morgan fingerprint density at radius 2 is 1.74 bits per heavy atom. The van der Waals surface area contributed by atoms with E-state index in [0.29, 0.717) is 5.92 Å². The summed E-state index contributed by atoms with van der Waals surface area (Å²) in [4.78, 5) is 0. The van der Waals surface area contributed by atoms with Crippen LogP contribution in [0.3, 0.4) is 0 Å². The van der Waals surface area contributed by atoms with E-state index < -0.39 is 0 Å². The summed E-state index contributed by atoms with van der Waals surface area (Å²) in [5, 5.41) is 1.99. The van der Waals surface area contributed by atoms with E-state index in [2.05, 4.69) is 35.0 Å². The molecule has 0 spiro atoms. The highest BCUT2D eigenvalue weighted by atomic mass is 79.9. The lowest BCUT2D eigenvalue weighted by atomic mass is 9.95. The smallest absolute Gasteiger partial charge is 0.0438 e. The number of alkyl halides is 1. The molecule has 0 saturated carbocycles. The Labute approximate surface area is 132 Å².